The number of carbonyl (C=O) groups is 1. The number of aromatic nitrogens is 1. The Labute approximate surface area is 82.5 Å². The molecule has 0 bridgehead atoms. The third kappa shape index (κ3) is 2.11. The summed E-state index contributed by atoms with van der Waals surface area (Å²) in [6, 6.07) is -0.129. The lowest BCUT2D eigenvalue weighted by molar-refractivity contribution is -0.141. The lowest BCUT2D eigenvalue weighted by Gasteiger charge is -1.99. The van der Waals surface area contributed by atoms with Gasteiger partial charge in [0.15, 0.2) is 12.0 Å². The van der Waals surface area contributed by atoms with Crippen molar-refractivity contribution in [3.05, 3.63) is 11.5 Å². The van der Waals surface area contributed by atoms with Crippen LogP contribution in [-0.2, 0) is 6.18 Å². The smallest absolute Gasteiger partial charge is 0.420 e. The molecule has 1 N–H and O–H groups in total. The van der Waals surface area contributed by atoms with Crippen molar-refractivity contribution < 1.29 is 22.4 Å². The monoisotopic (exact) mass is 220 g/mol. The number of halogens is 3. The normalized spacial score (nSPS) is 16.5. The molecule has 82 valence electrons. The highest BCUT2D eigenvalue weighted by molar-refractivity contribution is 5.73. The van der Waals surface area contributed by atoms with Crippen LogP contribution < -0.4 is 5.32 Å². The molecule has 1 heterocycles. The molecule has 2 rings (SSSR count). The van der Waals surface area contributed by atoms with E-state index in [-0.39, 0.29) is 18.3 Å². The number of hydrogen-bond donors (Lipinski definition) is 1. The van der Waals surface area contributed by atoms with E-state index in [1.165, 1.54) is 0 Å². The summed E-state index contributed by atoms with van der Waals surface area (Å²) in [6.45, 7) is 0. The third-order valence-corrected chi connectivity index (χ3v) is 1.93. The van der Waals surface area contributed by atoms with Gasteiger partial charge in [0.05, 0.1) is 0 Å². The number of aldehydes is 1. The first-order chi connectivity index (χ1) is 7.00. The lowest BCUT2D eigenvalue weighted by Crippen LogP contribution is -2.09. The van der Waals surface area contributed by atoms with Crippen molar-refractivity contribution in [2.75, 3.05) is 5.32 Å². The molecule has 1 aromatic heterocycles. The summed E-state index contributed by atoms with van der Waals surface area (Å²) in [5.41, 5.74) is -1.28. The van der Waals surface area contributed by atoms with Gasteiger partial charge in [-0.15, -0.1) is 0 Å². The number of alkyl halides is 3. The van der Waals surface area contributed by atoms with Crippen LogP contribution in [0.15, 0.2) is 4.42 Å². The Morgan fingerprint density at radius 2 is 2.13 bits per heavy atom. The Morgan fingerprint density at radius 3 is 2.53 bits per heavy atom. The molecule has 7 heteroatoms. The highest BCUT2D eigenvalue weighted by atomic mass is 19.4. The molecule has 0 spiro atoms. The first-order valence-electron chi connectivity index (χ1n) is 4.30. The fourth-order valence-corrected chi connectivity index (χ4v) is 1.08. The van der Waals surface area contributed by atoms with Crippen LogP contribution in [0.4, 0.5) is 19.2 Å². The summed E-state index contributed by atoms with van der Waals surface area (Å²) in [7, 11) is 0. The summed E-state index contributed by atoms with van der Waals surface area (Å²) < 4.78 is 41.5. The molecule has 4 nitrogen and oxygen atoms in total. The Hall–Kier alpha value is -1.53. The predicted octanol–water partition coefficient (Wildman–Crippen LogP) is 2.08. The number of nitrogens with zero attached hydrogens (tertiary/aromatic N) is 1. The standard InChI is InChI=1S/C8H7F3N2O2/c9-8(10,11)6-5(3-14)15-7(13-6)12-4-1-2-4/h3-4H,1-2H2,(H,12,13). The predicted molar refractivity (Wildman–Crippen MR) is 43.5 cm³/mol. The van der Waals surface area contributed by atoms with E-state index in [1.54, 1.807) is 0 Å². The molecule has 0 amide bonds. The molecule has 0 saturated heterocycles. The van der Waals surface area contributed by atoms with Gasteiger partial charge in [-0.3, -0.25) is 4.79 Å². The van der Waals surface area contributed by atoms with Crippen molar-refractivity contribution in [2.45, 2.75) is 25.1 Å². The van der Waals surface area contributed by atoms with E-state index < -0.39 is 17.6 Å². The maximum atomic E-state index is 12.3. The van der Waals surface area contributed by atoms with Gasteiger partial charge in [0.2, 0.25) is 5.76 Å². The Morgan fingerprint density at radius 1 is 1.47 bits per heavy atom. The fourth-order valence-electron chi connectivity index (χ4n) is 1.08. The van der Waals surface area contributed by atoms with Crippen LogP contribution in [0.2, 0.25) is 0 Å². The summed E-state index contributed by atoms with van der Waals surface area (Å²) >= 11 is 0. The van der Waals surface area contributed by atoms with E-state index in [0.717, 1.165) is 12.8 Å². The van der Waals surface area contributed by atoms with Crippen molar-refractivity contribution in [2.24, 2.45) is 0 Å². The zero-order valence-corrected chi connectivity index (χ0v) is 7.47. The zero-order valence-electron chi connectivity index (χ0n) is 7.47. The van der Waals surface area contributed by atoms with E-state index in [4.69, 9.17) is 0 Å². The van der Waals surface area contributed by atoms with Crippen molar-refractivity contribution in [1.82, 2.24) is 4.98 Å². The van der Waals surface area contributed by atoms with Gasteiger partial charge in [-0.05, 0) is 12.8 Å². The van der Waals surface area contributed by atoms with Crippen LogP contribution in [-0.4, -0.2) is 17.3 Å². The van der Waals surface area contributed by atoms with Crippen LogP contribution in [0.1, 0.15) is 29.1 Å². The van der Waals surface area contributed by atoms with E-state index in [2.05, 4.69) is 14.7 Å². The first-order valence-corrected chi connectivity index (χ1v) is 4.30. The summed E-state index contributed by atoms with van der Waals surface area (Å²) in [6.07, 6.45) is -2.91. The Kier molecular flexibility index (Phi) is 2.17. The summed E-state index contributed by atoms with van der Waals surface area (Å²) in [4.78, 5) is 13.5. The van der Waals surface area contributed by atoms with Crippen LogP contribution in [0, 0.1) is 0 Å². The molecule has 15 heavy (non-hydrogen) atoms. The second-order valence-electron chi connectivity index (χ2n) is 3.27. The van der Waals surface area contributed by atoms with E-state index in [0.29, 0.717) is 0 Å². The van der Waals surface area contributed by atoms with Gasteiger partial charge in [-0.25, -0.2) is 0 Å². The molecule has 0 aromatic carbocycles. The highest BCUT2D eigenvalue weighted by Gasteiger charge is 2.39. The van der Waals surface area contributed by atoms with E-state index in [9.17, 15) is 18.0 Å². The molecular weight excluding hydrogens is 213 g/mol. The van der Waals surface area contributed by atoms with Crippen LogP contribution in [0.3, 0.4) is 0 Å². The van der Waals surface area contributed by atoms with Crippen LogP contribution in [0.5, 0.6) is 0 Å². The SMILES string of the molecule is O=Cc1oc(NC2CC2)nc1C(F)(F)F. The fraction of sp³-hybridized carbons (Fsp3) is 0.500. The number of carbonyl (C=O) groups excluding carboxylic acids is 1. The maximum Gasteiger partial charge on any atom is 0.437 e. The molecular formula is C8H7F3N2O2. The minimum Gasteiger partial charge on any atom is -0.420 e. The summed E-state index contributed by atoms with van der Waals surface area (Å²) in [5, 5.41) is 2.65. The van der Waals surface area contributed by atoms with E-state index >= 15 is 0 Å². The molecule has 0 aliphatic heterocycles. The van der Waals surface area contributed by atoms with Crippen molar-refractivity contribution in [3.63, 3.8) is 0 Å². The zero-order chi connectivity index (χ0) is 11.1. The molecule has 1 aromatic rings. The number of rotatable bonds is 3. The second kappa shape index (κ2) is 3.25. The van der Waals surface area contributed by atoms with Gasteiger partial charge < -0.3 is 9.73 Å². The number of nitrogens with one attached hydrogen (secondary N) is 1. The largest absolute Gasteiger partial charge is 0.437 e. The minimum absolute atomic E-state index is 0.00784. The van der Waals surface area contributed by atoms with Crippen LogP contribution >= 0.6 is 0 Å². The van der Waals surface area contributed by atoms with Crippen molar-refractivity contribution >= 4 is 12.3 Å². The summed E-state index contributed by atoms with van der Waals surface area (Å²) in [5.74, 6) is -0.786. The molecule has 0 unspecified atom stereocenters. The average Bonchev–Trinajstić information content (AvgIpc) is 2.81. The van der Waals surface area contributed by atoms with Gasteiger partial charge in [0.1, 0.15) is 0 Å². The quantitative estimate of drug-likeness (QED) is 0.792. The van der Waals surface area contributed by atoms with Gasteiger partial charge in [-0.2, -0.15) is 18.2 Å². The first kappa shape index (κ1) is 10.0. The Bertz CT molecular complexity index is 382. The molecule has 1 aliphatic carbocycles. The van der Waals surface area contributed by atoms with Gasteiger partial charge >= 0.3 is 6.18 Å². The molecule has 1 fully saturated rings. The number of oxazole rings is 1. The van der Waals surface area contributed by atoms with Gasteiger partial charge in [-0.1, -0.05) is 0 Å². The van der Waals surface area contributed by atoms with Gasteiger partial charge in [0, 0.05) is 6.04 Å². The van der Waals surface area contributed by atoms with Crippen molar-refractivity contribution in [1.29, 1.82) is 0 Å². The van der Waals surface area contributed by atoms with Crippen molar-refractivity contribution in [3.8, 4) is 0 Å². The van der Waals surface area contributed by atoms with Gasteiger partial charge in [0.25, 0.3) is 6.01 Å². The van der Waals surface area contributed by atoms with E-state index in [1.807, 2.05) is 0 Å². The second-order valence-corrected chi connectivity index (χ2v) is 3.27. The van der Waals surface area contributed by atoms with Crippen LogP contribution in [0.25, 0.3) is 0 Å². The third-order valence-electron chi connectivity index (χ3n) is 1.93. The highest BCUT2D eigenvalue weighted by Crippen LogP contribution is 2.33. The Balaban J connectivity index is 2.27. The maximum absolute atomic E-state index is 12.3. The topological polar surface area (TPSA) is 55.1 Å². The average molecular weight is 220 g/mol. The molecule has 1 aliphatic rings. The minimum atomic E-state index is -4.66. The number of hydrogen-bond acceptors (Lipinski definition) is 4. The molecule has 1 saturated carbocycles. The molecule has 0 radical (unpaired) electrons. The molecule has 0 atom stereocenters. The number of anilines is 1. The lowest BCUT2D eigenvalue weighted by atomic mass is 10.3.